The first-order chi connectivity index (χ1) is 17.1. The minimum Gasteiger partial charge on any atom is -0.395 e. The highest BCUT2D eigenvalue weighted by atomic mass is 79.9. The fraction of sp³-hybridized carbons (Fsp3) is 0.500. The van der Waals surface area contributed by atoms with Crippen molar-refractivity contribution in [2.75, 3.05) is 33.9 Å². The maximum absolute atomic E-state index is 12.8. The van der Waals surface area contributed by atoms with Crippen LogP contribution in [0.25, 0.3) is 5.70 Å². The maximum atomic E-state index is 12.8. The predicted molar refractivity (Wildman–Crippen MR) is 145 cm³/mol. The van der Waals surface area contributed by atoms with Crippen molar-refractivity contribution in [1.29, 1.82) is 0 Å². The highest BCUT2D eigenvalue weighted by Gasteiger charge is 2.36. The van der Waals surface area contributed by atoms with E-state index in [-0.39, 0.29) is 24.7 Å². The van der Waals surface area contributed by atoms with Gasteiger partial charge in [0.25, 0.3) is 5.91 Å². The van der Waals surface area contributed by atoms with E-state index >= 15 is 0 Å². The van der Waals surface area contributed by atoms with E-state index < -0.39 is 11.5 Å². The van der Waals surface area contributed by atoms with Crippen LogP contribution in [0.2, 0.25) is 5.15 Å². The molecule has 0 aromatic carbocycles. The summed E-state index contributed by atoms with van der Waals surface area (Å²) in [5, 5.41) is 4.07. The number of thioether (sulfide) groups is 1. The molecule has 2 aromatic heterocycles. The summed E-state index contributed by atoms with van der Waals surface area (Å²) in [6.07, 6.45) is 2.52. The summed E-state index contributed by atoms with van der Waals surface area (Å²) in [5.41, 5.74) is 6.34. The second-order valence-corrected chi connectivity index (χ2v) is 11.5. The molecule has 4 N–H and O–H groups in total. The molecule has 1 aliphatic heterocycles. The molecule has 10 nitrogen and oxygen atoms in total. The number of halogens is 2. The molecule has 3 heterocycles. The minimum atomic E-state index is -0.527. The van der Waals surface area contributed by atoms with Gasteiger partial charge in [0.15, 0.2) is 0 Å². The van der Waals surface area contributed by atoms with Gasteiger partial charge in [-0.25, -0.2) is 15.8 Å². The third-order valence-electron chi connectivity index (χ3n) is 5.13. The second kappa shape index (κ2) is 13.4. The molecule has 36 heavy (non-hydrogen) atoms. The molecule has 0 radical (unpaired) electrons. The Morgan fingerprint density at radius 1 is 1.50 bits per heavy atom. The quantitative estimate of drug-likeness (QED) is 0.157. The first-order valence-electron chi connectivity index (χ1n) is 11.1. The number of nitrogens with zero attached hydrogens (tertiary/aromatic N) is 4. The molecule has 0 spiro atoms. The first kappa shape index (κ1) is 29.1. The topological polar surface area (TPSA) is 129 Å². The summed E-state index contributed by atoms with van der Waals surface area (Å²) in [7, 11) is 3.37. The normalized spacial score (nSPS) is 19.5. The van der Waals surface area contributed by atoms with Gasteiger partial charge in [-0.1, -0.05) is 23.4 Å². The van der Waals surface area contributed by atoms with Gasteiger partial charge in [0.2, 0.25) is 0 Å². The molecule has 198 valence electrons. The molecule has 1 fully saturated rings. The van der Waals surface area contributed by atoms with E-state index in [9.17, 15) is 4.79 Å². The number of thiazole rings is 1. The number of ether oxygens (including phenoxy) is 3. The molecule has 1 saturated heterocycles. The van der Waals surface area contributed by atoms with E-state index in [4.69, 9.17) is 37.4 Å². The number of carbonyl (C=O) groups excluding carboxylic acids is 1. The third kappa shape index (κ3) is 7.78. The number of pyridine rings is 1. The van der Waals surface area contributed by atoms with Gasteiger partial charge in [-0.3, -0.25) is 4.79 Å². The first-order valence-corrected chi connectivity index (χ1v) is 14.0. The van der Waals surface area contributed by atoms with Gasteiger partial charge in [-0.05, 0) is 35.8 Å². The number of aromatic nitrogens is 2. The van der Waals surface area contributed by atoms with Crippen LogP contribution in [-0.4, -0.2) is 83.4 Å². The van der Waals surface area contributed by atoms with Crippen molar-refractivity contribution < 1.29 is 19.0 Å². The Hall–Kier alpha value is -1.45. The Labute approximate surface area is 232 Å². The second-order valence-electron chi connectivity index (χ2n) is 8.15. The van der Waals surface area contributed by atoms with Crippen LogP contribution in [0.1, 0.15) is 29.3 Å². The zero-order valence-electron chi connectivity index (χ0n) is 20.4. The standard InChI is InChI=1S/C22H30BrClN6O4S2/c1-5-32-15(9-30(26)8-14(25)20-28-18(24)11-35-20)22(34-16-10-33-12(16)2)36-17-6-13(23)7-27-19(17)21(31)29(3)4/h6-8,11-12,15-16,22H,5,9-10,25-26H2,1-4H3/b14-8-/t12?,15-,16?,22?/m0/s1. The van der Waals surface area contributed by atoms with Crippen LogP contribution < -0.4 is 11.6 Å². The molecule has 14 heteroatoms. The molecular formula is C22H30BrClN6O4S2. The summed E-state index contributed by atoms with van der Waals surface area (Å²) >= 11 is 12.1. The smallest absolute Gasteiger partial charge is 0.273 e. The lowest BCUT2D eigenvalue weighted by Gasteiger charge is -2.39. The lowest BCUT2D eigenvalue weighted by molar-refractivity contribution is -0.199. The monoisotopic (exact) mass is 620 g/mol. The Kier molecular flexibility index (Phi) is 10.8. The van der Waals surface area contributed by atoms with Gasteiger partial charge in [0.05, 0.1) is 25.0 Å². The van der Waals surface area contributed by atoms with Crippen molar-refractivity contribution in [3.63, 3.8) is 0 Å². The predicted octanol–water partition coefficient (Wildman–Crippen LogP) is 3.42. The van der Waals surface area contributed by atoms with Gasteiger partial charge in [0, 0.05) is 47.8 Å². The molecule has 0 aliphatic carbocycles. The maximum Gasteiger partial charge on any atom is 0.273 e. The van der Waals surface area contributed by atoms with Crippen LogP contribution in [-0.2, 0) is 14.2 Å². The summed E-state index contributed by atoms with van der Waals surface area (Å²) in [4.78, 5) is 23.5. The van der Waals surface area contributed by atoms with Crippen molar-refractivity contribution in [1.82, 2.24) is 19.9 Å². The molecule has 3 unspecified atom stereocenters. The average molecular weight is 622 g/mol. The van der Waals surface area contributed by atoms with Crippen molar-refractivity contribution >= 4 is 62.2 Å². The van der Waals surface area contributed by atoms with Crippen molar-refractivity contribution in [2.45, 2.75) is 42.5 Å². The highest BCUT2D eigenvalue weighted by Crippen LogP contribution is 2.35. The van der Waals surface area contributed by atoms with E-state index in [1.807, 2.05) is 19.9 Å². The van der Waals surface area contributed by atoms with Gasteiger partial charge in [-0.2, -0.15) is 0 Å². The van der Waals surface area contributed by atoms with E-state index in [2.05, 4.69) is 25.9 Å². The number of hydrazine groups is 1. The van der Waals surface area contributed by atoms with E-state index in [0.717, 1.165) is 4.47 Å². The molecule has 4 atom stereocenters. The van der Waals surface area contributed by atoms with Gasteiger partial charge in [0.1, 0.15) is 33.5 Å². The largest absolute Gasteiger partial charge is 0.395 e. The fourth-order valence-corrected chi connectivity index (χ4v) is 5.77. The Balaban J connectivity index is 1.87. The van der Waals surface area contributed by atoms with Crippen LogP contribution in [0.3, 0.4) is 0 Å². The number of carbonyl (C=O) groups is 1. The van der Waals surface area contributed by atoms with Crippen LogP contribution >= 0.6 is 50.6 Å². The molecular weight excluding hydrogens is 592 g/mol. The number of nitrogens with two attached hydrogens (primary N) is 2. The summed E-state index contributed by atoms with van der Waals surface area (Å²) in [6, 6.07) is 1.85. The zero-order valence-corrected chi connectivity index (χ0v) is 24.4. The number of hydrogen-bond acceptors (Lipinski definition) is 11. The fourth-order valence-electron chi connectivity index (χ4n) is 3.20. The van der Waals surface area contributed by atoms with E-state index in [1.54, 1.807) is 31.9 Å². The summed E-state index contributed by atoms with van der Waals surface area (Å²) in [5.74, 6) is 6.09. The number of hydrogen-bond donors (Lipinski definition) is 2. The number of amides is 1. The van der Waals surface area contributed by atoms with Crippen LogP contribution in [0.4, 0.5) is 0 Å². The Morgan fingerprint density at radius 3 is 2.81 bits per heavy atom. The molecule has 1 aliphatic rings. The molecule has 0 saturated carbocycles. The van der Waals surface area contributed by atoms with Gasteiger partial charge < -0.3 is 29.9 Å². The van der Waals surface area contributed by atoms with Crippen LogP contribution in [0, 0.1) is 0 Å². The van der Waals surface area contributed by atoms with Gasteiger partial charge in [-0.15, -0.1) is 11.3 Å². The Morgan fingerprint density at radius 2 is 2.25 bits per heavy atom. The lowest BCUT2D eigenvalue weighted by atomic mass is 10.1. The number of rotatable bonds is 12. The Bertz CT molecular complexity index is 1070. The van der Waals surface area contributed by atoms with Crippen LogP contribution in [0.5, 0.6) is 0 Å². The van der Waals surface area contributed by atoms with E-state index in [0.29, 0.717) is 39.7 Å². The highest BCUT2D eigenvalue weighted by molar-refractivity contribution is 9.10. The molecule has 3 rings (SSSR count). The van der Waals surface area contributed by atoms with Crippen LogP contribution in [0.15, 0.2) is 33.2 Å². The minimum absolute atomic E-state index is 0.0574. The molecule has 0 bridgehead atoms. The lowest BCUT2D eigenvalue weighted by Crippen LogP contribution is -2.50. The summed E-state index contributed by atoms with van der Waals surface area (Å²) in [6.45, 7) is 5.00. The SMILES string of the molecule is CCO[C@@H](CN(N)/C=C(\N)c1nc(Cl)cs1)C(OC1COC1C)Sc1cc(Br)cnc1C(=O)N(C)C. The summed E-state index contributed by atoms with van der Waals surface area (Å²) < 4.78 is 18.7. The molecule has 1 amide bonds. The third-order valence-corrected chi connectivity index (χ3v) is 7.99. The average Bonchev–Trinajstić information content (AvgIpc) is 3.26. The van der Waals surface area contributed by atoms with Crippen molar-refractivity contribution in [3.8, 4) is 0 Å². The van der Waals surface area contributed by atoms with Crippen molar-refractivity contribution in [2.24, 2.45) is 11.6 Å². The zero-order chi connectivity index (χ0) is 26.4. The van der Waals surface area contributed by atoms with Crippen molar-refractivity contribution in [3.05, 3.63) is 44.2 Å². The van der Waals surface area contributed by atoms with Gasteiger partial charge >= 0.3 is 0 Å². The van der Waals surface area contributed by atoms with E-state index in [1.165, 1.54) is 33.0 Å². The molecule has 2 aromatic rings.